The fourth-order valence-electron chi connectivity index (χ4n) is 2.99. The van der Waals surface area contributed by atoms with Gasteiger partial charge in [0.15, 0.2) is 0 Å². The van der Waals surface area contributed by atoms with Crippen LogP contribution in [0.5, 0.6) is 0 Å². The van der Waals surface area contributed by atoms with Crippen LogP contribution in [-0.4, -0.2) is 17.4 Å². The first kappa shape index (κ1) is 15.4. The third-order valence-corrected chi connectivity index (χ3v) is 5.43. The van der Waals surface area contributed by atoms with E-state index in [-0.39, 0.29) is 5.91 Å². The number of hydrogen-bond donors (Lipinski definition) is 0. The number of anilines is 1. The molecule has 0 radical (unpaired) electrons. The van der Waals surface area contributed by atoms with Gasteiger partial charge in [-0.25, -0.2) is 4.98 Å². The molecule has 0 aliphatic carbocycles. The van der Waals surface area contributed by atoms with E-state index in [0.717, 1.165) is 34.9 Å². The highest BCUT2D eigenvalue weighted by molar-refractivity contribution is 7.13. The highest BCUT2D eigenvalue weighted by atomic mass is 35.5. The first-order valence-corrected chi connectivity index (χ1v) is 9.06. The molecule has 2 aromatic carbocycles. The van der Waals surface area contributed by atoms with Gasteiger partial charge in [0.2, 0.25) is 5.91 Å². The van der Waals surface area contributed by atoms with E-state index in [2.05, 4.69) is 11.1 Å². The van der Waals surface area contributed by atoms with Crippen molar-refractivity contribution in [3.05, 3.63) is 70.2 Å². The van der Waals surface area contributed by atoms with Crippen LogP contribution in [0.3, 0.4) is 0 Å². The molecular weight excluding hydrogens is 340 g/mol. The topological polar surface area (TPSA) is 33.2 Å². The smallest absolute Gasteiger partial charge is 0.233 e. The Labute approximate surface area is 149 Å². The lowest BCUT2D eigenvalue weighted by Gasteiger charge is -2.16. The molecule has 0 spiro atoms. The quantitative estimate of drug-likeness (QED) is 0.689. The average molecular weight is 355 g/mol. The van der Waals surface area contributed by atoms with Gasteiger partial charge in [-0.1, -0.05) is 48.0 Å². The summed E-state index contributed by atoms with van der Waals surface area (Å²) < 4.78 is 0. The van der Waals surface area contributed by atoms with Crippen LogP contribution in [0.4, 0.5) is 5.69 Å². The average Bonchev–Trinajstić information content (AvgIpc) is 3.22. The van der Waals surface area contributed by atoms with Crippen molar-refractivity contribution >= 4 is 34.5 Å². The van der Waals surface area contributed by atoms with Crippen LogP contribution in [0, 0.1) is 0 Å². The summed E-state index contributed by atoms with van der Waals surface area (Å²) in [5.74, 6) is 0.0935. The molecular formula is C19H15ClN2OS. The summed E-state index contributed by atoms with van der Waals surface area (Å²) in [6.07, 6.45) is 1.24. The SMILES string of the molecule is O=C(Cc1csc(-c2ccccc2Cl)n1)N1CCc2ccccc21. The monoisotopic (exact) mass is 354 g/mol. The molecule has 1 aliphatic heterocycles. The Morgan fingerprint density at radius 2 is 1.96 bits per heavy atom. The standard InChI is InChI=1S/C19H15ClN2OS/c20-16-7-3-2-6-15(16)19-21-14(12-24-19)11-18(23)22-10-9-13-5-1-4-8-17(13)22/h1-8,12H,9-11H2. The first-order valence-electron chi connectivity index (χ1n) is 7.80. The van der Waals surface area contributed by atoms with Crippen molar-refractivity contribution in [1.82, 2.24) is 4.98 Å². The van der Waals surface area contributed by atoms with E-state index in [9.17, 15) is 4.79 Å². The molecule has 0 unspecified atom stereocenters. The van der Waals surface area contributed by atoms with Gasteiger partial charge in [0.1, 0.15) is 5.01 Å². The molecule has 120 valence electrons. The number of carbonyl (C=O) groups excluding carboxylic acids is 1. The highest BCUT2D eigenvalue weighted by Crippen LogP contribution is 2.31. The molecule has 0 N–H and O–H groups in total. The maximum absolute atomic E-state index is 12.7. The minimum atomic E-state index is 0.0935. The molecule has 0 saturated heterocycles. The lowest BCUT2D eigenvalue weighted by atomic mass is 10.2. The first-order chi connectivity index (χ1) is 11.7. The number of carbonyl (C=O) groups is 1. The molecule has 5 heteroatoms. The summed E-state index contributed by atoms with van der Waals surface area (Å²) >= 11 is 7.75. The van der Waals surface area contributed by atoms with Crippen molar-refractivity contribution in [2.24, 2.45) is 0 Å². The highest BCUT2D eigenvalue weighted by Gasteiger charge is 2.24. The number of amides is 1. The zero-order valence-corrected chi connectivity index (χ0v) is 14.5. The Morgan fingerprint density at radius 1 is 1.17 bits per heavy atom. The number of halogens is 1. The number of nitrogens with zero attached hydrogens (tertiary/aromatic N) is 2. The van der Waals surface area contributed by atoms with Gasteiger partial charge in [-0.3, -0.25) is 4.79 Å². The third-order valence-electron chi connectivity index (χ3n) is 4.18. The molecule has 3 aromatic rings. The number of aromatic nitrogens is 1. The van der Waals surface area contributed by atoms with Crippen LogP contribution >= 0.6 is 22.9 Å². The van der Waals surface area contributed by atoms with E-state index in [1.54, 1.807) is 0 Å². The number of para-hydroxylation sites is 1. The van der Waals surface area contributed by atoms with E-state index >= 15 is 0 Å². The lowest BCUT2D eigenvalue weighted by Crippen LogP contribution is -2.30. The van der Waals surface area contributed by atoms with Gasteiger partial charge in [-0.05, 0) is 24.1 Å². The number of benzene rings is 2. The van der Waals surface area contributed by atoms with Gasteiger partial charge in [0, 0.05) is 23.2 Å². The lowest BCUT2D eigenvalue weighted by molar-refractivity contribution is -0.117. The van der Waals surface area contributed by atoms with E-state index < -0.39 is 0 Å². The van der Waals surface area contributed by atoms with Crippen molar-refractivity contribution in [2.45, 2.75) is 12.8 Å². The van der Waals surface area contributed by atoms with Crippen LogP contribution in [-0.2, 0) is 17.6 Å². The van der Waals surface area contributed by atoms with E-state index in [0.29, 0.717) is 11.4 Å². The van der Waals surface area contributed by atoms with E-state index in [1.807, 2.05) is 52.7 Å². The van der Waals surface area contributed by atoms with Crippen molar-refractivity contribution in [2.75, 3.05) is 11.4 Å². The minimum absolute atomic E-state index is 0.0935. The molecule has 4 rings (SSSR count). The largest absolute Gasteiger partial charge is 0.311 e. The minimum Gasteiger partial charge on any atom is -0.311 e. The third kappa shape index (κ3) is 2.83. The molecule has 2 heterocycles. The second-order valence-electron chi connectivity index (χ2n) is 5.72. The van der Waals surface area contributed by atoms with Gasteiger partial charge < -0.3 is 4.90 Å². The van der Waals surface area contributed by atoms with Crippen LogP contribution in [0.2, 0.25) is 5.02 Å². The summed E-state index contributed by atoms with van der Waals surface area (Å²) in [6, 6.07) is 15.7. The fraction of sp³-hybridized carbons (Fsp3) is 0.158. The van der Waals surface area contributed by atoms with Crippen molar-refractivity contribution in [3.63, 3.8) is 0 Å². The van der Waals surface area contributed by atoms with Crippen molar-refractivity contribution < 1.29 is 4.79 Å². The molecule has 1 amide bonds. The molecule has 0 saturated carbocycles. The number of fused-ring (bicyclic) bond motifs is 1. The van der Waals surface area contributed by atoms with E-state index in [4.69, 9.17) is 11.6 Å². The maximum Gasteiger partial charge on any atom is 0.233 e. The van der Waals surface area contributed by atoms with Gasteiger partial charge in [0.25, 0.3) is 0 Å². The maximum atomic E-state index is 12.7. The zero-order chi connectivity index (χ0) is 16.5. The van der Waals surface area contributed by atoms with Gasteiger partial charge in [-0.2, -0.15) is 0 Å². The second kappa shape index (κ2) is 6.38. The Balaban J connectivity index is 1.53. The fourth-order valence-corrected chi connectivity index (χ4v) is 4.13. The van der Waals surface area contributed by atoms with Crippen LogP contribution in [0.15, 0.2) is 53.9 Å². The Bertz CT molecular complexity index is 906. The summed E-state index contributed by atoms with van der Waals surface area (Å²) in [5, 5.41) is 3.47. The summed E-state index contributed by atoms with van der Waals surface area (Å²) in [7, 11) is 0. The van der Waals surface area contributed by atoms with Gasteiger partial charge in [-0.15, -0.1) is 11.3 Å². The van der Waals surface area contributed by atoms with Gasteiger partial charge in [0.05, 0.1) is 17.1 Å². The predicted molar refractivity (Wildman–Crippen MR) is 98.8 cm³/mol. The number of thiazole rings is 1. The summed E-state index contributed by atoms with van der Waals surface area (Å²) in [6.45, 7) is 0.750. The van der Waals surface area contributed by atoms with Crippen LogP contribution in [0.25, 0.3) is 10.6 Å². The molecule has 1 aromatic heterocycles. The normalized spacial score (nSPS) is 13.1. The number of rotatable bonds is 3. The number of hydrogen-bond acceptors (Lipinski definition) is 3. The Morgan fingerprint density at radius 3 is 2.83 bits per heavy atom. The van der Waals surface area contributed by atoms with Crippen molar-refractivity contribution in [3.8, 4) is 10.6 Å². The molecule has 3 nitrogen and oxygen atoms in total. The molecule has 0 fully saturated rings. The van der Waals surface area contributed by atoms with E-state index in [1.165, 1.54) is 16.9 Å². The summed E-state index contributed by atoms with van der Waals surface area (Å²) in [4.78, 5) is 19.1. The van der Waals surface area contributed by atoms with Crippen LogP contribution < -0.4 is 4.90 Å². The molecule has 1 aliphatic rings. The summed E-state index contributed by atoms with van der Waals surface area (Å²) in [5.41, 5.74) is 3.98. The zero-order valence-electron chi connectivity index (χ0n) is 12.9. The van der Waals surface area contributed by atoms with Crippen molar-refractivity contribution in [1.29, 1.82) is 0 Å². The Hall–Kier alpha value is -2.17. The van der Waals surface area contributed by atoms with Gasteiger partial charge >= 0.3 is 0 Å². The second-order valence-corrected chi connectivity index (χ2v) is 6.99. The Kier molecular flexibility index (Phi) is 4.08. The molecule has 0 atom stereocenters. The molecule has 24 heavy (non-hydrogen) atoms. The molecule has 0 bridgehead atoms. The predicted octanol–water partition coefficient (Wildman–Crippen LogP) is 4.60. The van der Waals surface area contributed by atoms with Crippen LogP contribution in [0.1, 0.15) is 11.3 Å².